The van der Waals surface area contributed by atoms with Crippen molar-refractivity contribution in [2.75, 3.05) is 0 Å². The van der Waals surface area contributed by atoms with Crippen molar-refractivity contribution >= 4 is 96.5 Å². The minimum absolute atomic E-state index is 0.0447. The molecule has 0 aliphatic carbocycles. The first-order valence-corrected chi connectivity index (χ1v) is 16.7. The molecule has 11 rings (SSSR count). The largest absolute Gasteiger partial charge is 0.278 e. The molecular weight excluding hydrogens is 603 g/mol. The SMILES string of the molecule is [2H]c1c([2H])c([2H])c(-c2nc(-n3c4ccccc4c4cc5ccc6c7ccccc7sc6c5cc43)nc3c4ccccc4c4ccccc4c23)c([2H])c1[2H]. The van der Waals surface area contributed by atoms with E-state index in [0.29, 0.717) is 22.5 Å². The minimum atomic E-state index is -0.445. The molecule has 0 amide bonds. The molecule has 3 heterocycles. The van der Waals surface area contributed by atoms with Crippen molar-refractivity contribution in [1.82, 2.24) is 14.5 Å². The van der Waals surface area contributed by atoms with Crippen molar-refractivity contribution < 1.29 is 6.85 Å². The molecule has 0 unspecified atom stereocenters. The van der Waals surface area contributed by atoms with Gasteiger partial charge in [0.15, 0.2) is 0 Å². The third-order valence-corrected chi connectivity index (χ3v) is 10.9. The van der Waals surface area contributed by atoms with E-state index in [4.69, 9.17) is 16.8 Å². The molecule has 0 saturated heterocycles. The number of fused-ring (bicyclic) bond motifs is 14. The molecule has 0 bridgehead atoms. The second-order valence-electron chi connectivity index (χ2n) is 12.2. The van der Waals surface area contributed by atoms with Gasteiger partial charge >= 0.3 is 0 Å². The summed E-state index contributed by atoms with van der Waals surface area (Å²) in [4.78, 5) is 10.7. The van der Waals surface area contributed by atoms with Crippen LogP contribution in [0.2, 0.25) is 0 Å². The molecule has 8 aromatic carbocycles. The number of hydrogen-bond donors (Lipinski definition) is 0. The lowest BCUT2D eigenvalue weighted by molar-refractivity contribution is 1.02. The summed E-state index contributed by atoms with van der Waals surface area (Å²) in [6, 6.07) is 39.8. The molecule has 3 aromatic heterocycles. The summed E-state index contributed by atoms with van der Waals surface area (Å²) in [5.74, 6) is 0.355. The highest BCUT2D eigenvalue weighted by Crippen LogP contribution is 2.43. The van der Waals surface area contributed by atoms with Crippen LogP contribution in [0, 0.1) is 0 Å². The van der Waals surface area contributed by atoms with E-state index in [1.54, 1.807) is 11.3 Å². The molecule has 0 fully saturated rings. The summed E-state index contributed by atoms with van der Waals surface area (Å²) >= 11 is 1.79. The van der Waals surface area contributed by atoms with E-state index < -0.39 is 18.1 Å². The highest BCUT2D eigenvalue weighted by atomic mass is 32.1. The molecule has 48 heavy (non-hydrogen) atoms. The lowest BCUT2D eigenvalue weighted by Crippen LogP contribution is -2.04. The molecule has 222 valence electrons. The van der Waals surface area contributed by atoms with E-state index in [0.717, 1.165) is 54.1 Å². The van der Waals surface area contributed by atoms with E-state index in [1.807, 2.05) is 54.6 Å². The van der Waals surface area contributed by atoms with Crippen LogP contribution in [0.3, 0.4) is 0 Å². The first-order chi connectivity index (χ1) is 25.9. The number of thiophene rings is 1. The number of nitrogens with zero attached hydrogens (tertiary/aromatic N) is 3. The average molecular weight is 633 g/mol. The van der Waals surface area contributed by atoms with Gasteiger partial charge in [-0.3, -0.25) is 4.57 Å². The first kappa shape index (κ1) is 21.6. The fourth-order valence-corrected chi connectivity index (χ4v) is 8.82. The molecule has 11 aromatic rings. The van der Waals surface area contributed by atoms with Gasteiger partial charge in [0.2, 0.25) is 5.95 Å². The van der Waals surface area contributed by atoms with Crippen molar-refractivity contribution in [2.24, 2.45) is 0 Å². The number of aromatic nitrogens is 3. The molecule has 0 N–H and O–H groups in total. The van der Waals surface area contributed by atoms with Crippen LogP contribution < -0.4 is 0 Å². The van der Waals surface area contributed by atoms with Crippen LogP contribution in [0.1, 0.15) is 6.85 Å². The zero-order valence-electron chi connectivity index (χ0n) is 30.3. The molecule has 3 nitrogen and oxygen atoms in total. The third kappa shape index (κ3) is 3.52. The number of hydrogen-bond acceptors (Lipinski definition) is 3. The summed E-state index contributed by atoms with van der Waals surface area (Å²) < 4.78 is 48.3. The van der Waals surface area contributed by atoms with E-state index in [9.17, 15) is 0 Å². The number of rotatable bonds is 2. The van der Waals surface area contributed by atoms with Gasteiger partial charge in [0.05, 0.1) is 29.1 Å². The smallest absolute Gasteiger partial charge is 0.235 e. The standard InChI is InChI=1S/C44H25N3S/c1-2-12-26(13-3-1)41-40-32-18-6-4-14-28(32)29-15-5-7-19-33(29)42(40)46-44(45-41)47-37-20-10-8-16-30(37)36-24-27-22-23-34-31-17-9-11-21-39(31)48-43(34)35(27)25-38(36)47/h1-25H/i1D,2D,3D,12D,13D. The van der Waals surface area contributed by atoms with Gasteiger partial charge in [0.1, 0.15) is 0 Å². The Labute approximate surface area is 286 Å². The fraction of sp³-hybridized carbons (Fsp3) is 0. The van der Waals surface area contributed by atoms with Gasteiger partial charge in [0, 0.05) is 52.7 Å². The Morgan fingerprint density at radius 1 is 0.521 bits per heavy atom. The molecular formula is C44H25N3S. The van der Waals surface area contributed by atoms with Crippen LogP contribution in [0.5, 0.6) is 0 Å². The molecule has 4 heteroatoms. The molecule has 0 saturated carbocycles. The minimum Gasteiger partial charge on any atom is -0.278 e. The maximum atomic E-state index is 9.10. The summed E-state index contributed by atoms with van der Waals surface area (Å²) in [5.41, 5.74) is 2.80. The van der Waals surface area contributed by atoms with Gasteiger partial charge < -0.3 is 0 Å². The van der Waals surface area contributed by atoms with Gasteiger partial charge in [-0.05, 0) is 45.8 Å². The van der Waals surface area contributed by atoms with E-state index >= 15 is 0 Å². The van der Waals surface area contributed by atoms with Crippen molar-refractivity contribution in [3.05, 3.63) is 152 Å². The van der Waals surface area contributed by atoms with Crippen molar-refractivity contribution in [1.29, 1.82) is 0 Å². The Hall–Kier alpha value is -6.10. The van der Waals surface area contributed by atoms with Crippen molar-refractivity contribution in [3.63, 3.8) is 0 Å². The zero-order valence-corrected chi connectivity index (χ0v) is 26.1. The van der Waals surface area contributed by atoms with E-state index in [-0.39, 0.29) is 17.6 Å². The maximum Gasteiger partial charge on any atom is 0.235 e. The quantitative estimate of drug-likeness (QED) is 0.178. The number of benzene rings is 8. The number of para-hydroxylation sites is 1. The molecule has 0 spiro atoms. The Balaban J connectivity index is 1.35. The Bertz CT molecular complexity index is 3390. The summed E-state index contributed by atoms with van der Waals surface area (Å²) in [7, 11) is 0. The first-order valence-electron chi connectivity index (χ1n) is 18.3. The highest BCUT2D eigenvalue weighted by molar-refractivity contribution is 7.26. The van der Waals surface area contributed by atoms with Gasteiger partial charge in [-0.15, -0.1) is 11.3 Å². The summed E-state index contributed by atoms with van der Waals surface area (Å²) in [5, 5.41) is 11.1. The van der Waals surface area contributed by atoms with Gasteiger partial charge in [-0.1, -0.05) is 127 Å². The van der Waals surface area contributed by atoms with Crippen molar-refractivity contribution in [3.8, 4) is 17.2 Å². The fourth-order valence-electron chi connectivity index (χ4n) is 7.59. The second kappa shape index (κ2) is 9.71. The van der Waals surface area contributed by atoms with Crippen molar-refractivity contribution in [2.45, 2.75) is 0 Å². The summed E-state index contributed by atoms with van der Waals surface area (Å²) in [6.07, 6.45) is 0. The van der Waals surface area contributed by atoms with E-state index in [2.05, 4.69) is 71.3 Å². The van der Waals surface area contributed by atoms with Crippen LogP contribution >= 0.6 is 11.3 Å². The van der Waals surface area contributed by atoms with Gasteiger partial charge in [-0.2, -0.15) is 0 Å². The molecule has 0 radical (unpaired) electrons. The normalized spacial score (nSPS) is 13.6. The Morgan fingerprint density at radius 2 is 1.21 bits per heavy atom. The van der Waals surface area contributed by atoms with Gasteiger partial charge in [-0.25, -0.2) is 9.97 Å². The molecule has 0 atom stereocenters. The predicted octanol–water partition coefficient (Wildman–Crippen LogP) is 12.2. The molecule has 0 aliphatic rings. The summed E-state index contributed by atoms with van der Waals surface area (Å²) in [6.45, 7) is 0. The maximum absolute atomic E-state index is 9.10. The lowest BCUT2D eigenvalue weighted by Gasteiger charge is -2.16. The third-order valence-electron chi connectivity index (χ3n) is 9.65. The van der Waals surface area contributed by atoms with E-state index in [1.165, 1.54) is 20.2 Å². The average Bonchev–Trinajstić information content (AvgIpc) is 3.74. The monoisotopic (exact) mass is 632 g/mol. The van der Waals surface area contributed by atoms with Crippen LogP contribution in [0.25, 0.3) is 102 Å². The topological polar surface area (TPSA) is 30.7 Å². The molecule has 0 aliphatic heterocycles. The Kier molecular flexibility index (Phi) is 4.38. The van der Waals surface area contributed by atoms with Gasteiger partial charge in [0.25, 0.3) is 0 Å². The van der Waals surface area contributed by atoms with Crippen LogP contribution in [-0.4, -0.2) is 14.5 Å². The predicted molar refractivity (Wildman–Crippen MR) is 205 cm³/mol. The Morgan fingerprint density at radius 3 is 2.04 bits per heavy atom. The zero-order chi connectivity index (χ0) is 35.7. The van der Waals surface area contributed by atoms with Crippen LogP contribution in [0.4, 0.5) is 0 Å². The second-order valence-corrected chi connectivity index (χ2v) is 13.2. The lowest BCUT2D eigenvalue weighted by atomic mass is 9.94. The van der Waals surface area contributed by atoms with Crippen LogP contribution in [-0.2, 0) is 0 Å². The highest BCUT2D eigenvalue weighted by Gasteiger charge is 2.21. The van der Waals surface area contributed by atoms with Crippen LogP contribution in [0.15, 0.2) is 152 Å².